The summed E-state index contributed by atoms with van der Waals surface area (Å²) in [5.41, 5.74) is -0.172. The van der Waals surface area contributed by atoms with Gasteiger partial charge in [-0.25, -0.2) is 14.2 Å². The quantitative estimate of drug-likeness (QED) is 0.768. The second-order valence-electron chi connectivity index (χ2n) is 3.31. The number of carboxylic acid groups (broad SMARTS) is 1. The van der Waals surface area contributed by atoms with Crippen molar-refractivity contribution in [3.8, 4) is 0 Å². The van der Waals surface area contributed by atoms with Gasteiger partial charge in [0, 0.05) is 13.1 Å². The zero-order valence-electron chi connectivity index (χ0n) is 9.27. The zero-order chi connectivity index (χ0) is 12.8. The molecule has 0 saturated carbocycles. The van der Waals surface area contributed by atoms with E-state index in [1.54, 1.807) is 17.1 Å². The molecule has 1 aromatic rings. The van der Waals surface area contributed by atoms with Crippen LogP contribution < -0.4 is 4.90 Å². The van der Waals surface area contributed by atoms with Gasteiger partial charge < -0.3 is 10.0 Å². The van der Waals surface area contributed by atoms with E-state index in [-0.39, 0.29) is 11.4 Å². The molecule has 0 saturated heterocycles. The Morgan fingerprint density at radius 3 is 2.53 bits per heavy atom. The minimum Gasteiger partial charge on any atom is -0.478 e. The normalized spacial score (nSPS) is 9.71. The van der Waals surface area contributed by atoms with E-state index in [0.717, 1.165) is 12.3 Å². The molecule has 17 heavy (non-hydrogen) atoms. The fourth-order valence-corrected chi connectivity index (χ4v) is 1.40. The fraction of sp³-hybridized carbons (Fsp3) is 0.167. The van der Waals surface area contributed by atoms with Crippen LogP contribution >= 0.6 is 0 Å². The number of aromatic carboxylic acids is 1. The van der Waals surface area contributed by atoms with Crippen molar-refractivity contribution >= 4 is 11.8 Å². The molecule has 0 aromatic carbocycles. The van der Waals surface area contributed by atoms with Gasteiger partial charge in [0.25, 0.3) is 0 Å². The van der Waals surface area contributed by atoms with Crippen LogP contribution in [0.4, 0.5) is 10.2 Å². The van der Waals surface area contributed by atoms with Crippen LogP contribution in [-0.4, -0.2) is 29.1 Å². The largest absolute Gasteiger partial charge is 0.478 e. The van der Waals surface area contributed by atoms with Crippen molar-refractivity contribution < 1.29 is 14.3 Å². The zero-order valence-corrected chi connectivity index (χ0v) is 9.27. The third-order valence-corrected chi connectivity index (χ3v) is 2.06. The summed E-state index contributed by atoms with van der Waals surface area (Å²) in [5, 5.41) is 8.99. The molecule has 1 heterocycles. The minimum atomic E-state index is -1.22. The van der Waals surface area contributed by atoms with E-state index in [9.17, 15) is 9.18 Å². The SMILES string of the molecule is C=CCN(CC=C)c1ncc(F)cc1C(=O)O. The molecule has 0 atom stereocenters. The van der Waals surface area contributed by atoms with Crippen LogP contribution in [0, 0.1) is 5.82 Å². The van der Waals surface area contributed by atoms with E-state index < -0.39 is 11.8 Å². The standard InChI is InChI=1S/C12H13FN2O2/c1-3-5-15(6-4-2)11-10(12(16)17)7-9(13)8-14-11/h3-4,7-8H,1-2,5-6H2,(H,16,17). The van der Waals surface area contributed by atoms with Gasteiger partial charge in [0.05, 0.1) is 6.20 Å². The summed E-state index contributed by atoms with van der Waals surface area (Å²) in [7, 11) is 0. The Bertz CT molecular complexity index is 436. The van der Waals surface area contributed by atoms with Crippen molar-refractivity contribution in [3.63, 3.8) is 0 Å². The number of pyridine rings is 1. The average Bonchev–Trinajstić information content (AvgIpc) is 2.28. The summed E-state index contributed by atoms with van der Waals surface area (Å²) in [4.78, 5) is 16.5. The Morgan fingerprint density at radius 2 is 2.06 bits per heavy atom. The van der Waals surface area contributed by atoms with Gasteiger partial charge in [0.2, 0.25) is 0 Å². The Morgan fingerprint density at radius 1 is 1.47 bits per heavy atom. The number of nitrogens with zero attached hydrogens (tertiary/aromatic N) is 2. The molecule has 0 aliphatic carbocycles. The van der Waals surface area contributed by atoms with Crippen molar-refractivity contribution in [1.82, 2.24) is 4.98 Å². The Hall–Kier alpha value is -2.17. The van der Waals surface area contributed by atoms with Gasteiger partial charge in [-0.05, 0) is 6.07 Å². The monoisotopic (exact) mass is 236 g/mol. The minimum absolute atomic E-state index is 0.172. The third kappa shape index (κ3) is 3.14. The lowest BCUT2D eigenvalue weighted by Gasteiger charge is -2.21. The van der Waals surface area contributed by atoms with Crippen molar-refractivity contribution in [3.05, 3.63) is 49.0 Å². The highest BCUT2D eigenvalue weighted by molar-refractivity contribution is 5.93. The van der Waals surface area contributed by atoms with Crippen LogP contribution in [0.3, 0.4) is 0 Å². The van der Waals surface area contributed by atoms with E-state index >= 15 is 0 Å². The highest BCUT2D eigenvalue weighted by Gasteiger charge is 2.17. The molecule has 0 fully saturated rings. The number of rotatable bonds is 6. The van der Waals surface area contributed by atoms with Crippen molar-refractivity contribution in [2.75, 3.05) is 18.0 Å². The van der Waals surface area contributed by atoms with Crippen molar-refractivity contribution in [1.29, 1.82) is 0 Å². The number of carboxylic acids is 1. The molecule has 0 spiro atoms. The molecule has 0 amide bonds. The van der Waals surface area contributed by atoms with Gasteiger partial charge in [0.15, 0.2) is 0 Å². The molecule has 4 nitrogen and oxygen atoms in total. The smallest absolute Gasteiger partial charge is 0.339 e. The van der Waals surface area contributed by atoms with Gasteiger partial charge in [-0.1, -0.05) is 12.2 Å². The molecular formula is C12H13FN2O2. The number of hydrogen-bond donors (Lipinski definition) is 1. The number of hydrogen-bond acceptors (Lipinski definition) is 3. The summed E-state index contributed by atoms with van der Waals surface area (Å²) >= 11 is 0. The second kappa shape index (κ2) is 5.79. The molecule has 0 radical (unpaired) electrons. The van der Waals surface area contributed by atoms with E-state index in [1.165, 1.54) is 0 Å². The topological polar surface area (TPSA) is 53.4 Å². The highest BCUT2D eigenvalue weighted by Crippen LogP contribution is 2.18. The van der Waals surface area contributed by atoms with Crippen LogP contribution in [0.1, 0.15) is 10.4 Å². The summed E-state index contributed by atoms with van der Waals surface area (Å²) in [5.74, 6) is -1.69. The predicted molar refractivity (Wildman–Crippen MR) is 63.8 cm³/mol. The molecule has 1 aromatic heterocycles. The first kappa shape index (κ1) is 12.9. The van der Waals surface area contributed by atoms with E-state index in [4.69, 9.17) is 5.11 Å². The average molecular weight is 236 g/mol. The van der Waals surface area contributed by atoms with Crippen LogP contribution in [0.2, 0.25) is 0 Å². The maximum absolute atomic E-state index is 13.0. The third-order valence-electron chi connectivity index (χ3n) is 2.06. The molecule has 0 unspecified atom stereocenters. The summed E-state index contributed by atoms with van der Waals surface area (Å²) < 4.78 is 13.0. The lowest BCUT2D eigenvalue weighted by molar-refractivity contribution is 0.0696. The lowest BCUT2D eigenvalue weighted by atomic mass is 10.2. The van der Waals surface area contributed by atoms with Crippen LogP contribution in [0.15, 0.2) is 37.6 Å². The molecule has 1 N–H and O–H groups in total. The van der Waals surface area contributed by atoms with Gasteiger partial charge >= 0.3 is 5.97 Å². The summed E-state index contributed by atoms with van der Waals surface area (Å²) in [6.45, 7) is 7.97. The van der Waals surface area contributed by atoms with Crippen LogP contribution in [0.25, 0.3) is 0 Å². The van der Waals surface area contributed by atoms with E-state index in [2.05, 4.69) is 18.1 Å². The molecule has 1 rings (SSSR count). The predicted octanol–water partition coefficient (Wildman–Crippen LogP) is 2.10. The molecule has 5 heteroatoms. The molecule has 0 aliphatic rings. The van der Waals surface area contributed by atoms with Crippen molar-refractivity contribution in [2.45, 2.75) is 0 Å². The number of halogens is 1. The fourth-order valence-electron chi connectivity index (χ4n) is 1.40. The molecule has 0 bridgehead atoms. The first-order chi connectivity index (χ1) is 8.10. The summed E-state index contributed by atoms with van der Waals surface area (Å²) in [6, 6.07) is 0.948. The van der Waals surface area contributed by atoms with Gasteiger partial charge in [-0.15, -0.1) is 13.2 Å². The van der Waals surface area contributed by atoms with E-state index in [0.29, 0.717) is 13.1 Å². The number of aromatic nitrogens is 1. The molecule has 90 valence electrons. The highest BCUT2D eigenvalue weighted by atomic mass is 19.1. The van der Waals surface area contributed by atoms with Crippen LogP contribution in [0.5, 0.6) is 0 Å². The number of carbonyl (C=O) groups is 1. The Kier molecular flexibility index (Phi) is 4.39. The maximum Gasteiger partial charge on any atom is 0.339 e. The van der Waals surface area contributed by atoms with Gasteiger partial charge in [-0.2, -0.15) is 0 Å². The van der Waals surface area contributed by atoms with E-state index in [1.807, 2.05) is 0 Å². The Balaban J connectivity index is 3.20. The Labute approximate surface area is 98.7 Å². The first-order valence-electron chi connectivity index (χ1n) is 4.95. The second-order valence-corrected chi connectivity index (χ2v) is 3.31. The van der Waals surface area contributed by atoms with Gasteiger partial charge in [0.1, 0.15) is 17.2 Å². The van der Waals surface area contributed by atoms with Crippen LogP contribution in [-0.2, 0) is 0 Å². The summed E-state index contributed by atoms with van der Waals surface area (Å²) in [6.07, 6.45) is 4.21. The van der Waals surface area contributed by atoms with Crippen molar-refractivity contribution in [2.24, 2.45) is 0 Å². The maximum atomic E-state index is 13.0. The lowest BCUT2D eigenvalue weighted by Crippen LogP contribution is -2.26. The van der Waals surface area contributed by atoms with Gasteiger partial charge in [-0.3, -0.25) is 0 Å². The first-order valence-corrected chi connectivity index (χ1v) is 4.95. The molecule has 0 aliphatic heterocycles. The number of anilines is 1. The molecular weight excluding hydrogens is 223 g/mol.